The topological polar surface area (TPSA) is 0 Å². The van der Waals surface area contributed by atoms with Crippen LogP contribution >= 0.6 is 0 Å². The van der Waals surface area contributed by atoms with Gasteiger partial charge in [0.15, 0.2) is 0 Å². The van der Waals surface area contributed by atoms with E-state index in [1.54, 1.807) is 19.3 Å². The van der Waals surface area contributed by atoms with E-state index >= 15 is 0 Å². The van der Waals surface area contributed by atoms with Gasteiger partial charge in [-0.25, -0.2) is 0 Å². The van der Waals surface area contributed by atoms with Crippen molar-refractivity contribution in [2.75, 3.05) is 0 Å². The number of hydrogen-bond acceptors (Lipinski definition) is 0. The van der Waals surface area contributed by atoms with Crippen LogP contribution in [0.15, 0.2) is 12.2 Å². The molecule has 4 aliphatic rings. The highest BCUT2D eigenvalue weighted by Crippen LogP contribution is 2.64. The number of fused-ring (bicyclic) bond motifs is 5. The molecule has 0 spiro atoms. The standard InChI is InChI=1S/C19H30/c1-18-11-5-7-16(18)15-9-8-14-6-3-4-12-19(14,2)17(15)10-13-18/h5,11,14-17H,3-4,6-10,12-13H2,1-2H3/t14-,15-,16-,17-,18-,19-/m0/s1. The van der Waals surface area contributed by atoms with Crippen LogP contribution < -0.4 is 0 Å². The first-order chi connectivity index (χ1) is 9.13. The summed E-state index contributed by atoms with van der Waals surface area (Å²) in [5, 5.41) is 0. The van der Waals surface area contributed by atoms with Crippen molar-refractivity contribution in [1.82, 2.24) is 0 Å². The zero-order valence-corrected chi connectivity index (χ0v) is 12.8. The first-order valence-electron chi connectivity index (χ1n) is 8.81. The quantitative estimate of drug-likeness (QED) is 0.497. The van der Waals surface area contributed by atoms with Crippen molar-refractivity contribution in [2.45, 2.75) is 71.6 Å². The Morgan fingerprint density at radius 1 is 0.895 bits per heavy atom. The summed E-state index contributed by atoms with van der Waals surface area (Å²) in [5.74, 6) is 4.17. The Bertz CT molecular complexity index is 395. The molecule has 0 radical (unpaired) electrons. The highest BCUT2D eigenvalue weighted by Gasteiger charge is 2.56. The molecule has 0 aromatic rings. The SMILES string of the molecule is C[C@]12CCCC[C@H]1CC[C@@H]1[C@@H]2CC[C@]2(C)C=CC[C@@H]12. The summed E-state index contributed by atoms with van der Waals surface area (Å²) in [4.78, 5) is 0. The second kappa shape index (κ2) is 4.12. The average molecular weight is 258 g/mol. The van der Waals surface area contributed by atoms with E-state index in [-0.39, 0.29) is 0 Å². The molecule has 4 aliphatic carbocycles. The molecular weight excluding hydrogens is 228 g/mol. The maximum Gasteiger partial charge on any atom is -0.0112 e. The Morgan fingerprint density at radius 3 is 2.68 bits per heavy atom. The third kappa shape index (κ3) is 1.64. The number of allylic oxidation sites excluding steroid dienone is 2. The van der Waals surface area contributed by atoms with Gasteiger partial charge >= 0.3 is 0 Å². The molecule has 0 amide bonds. The van der Waals surface area contributed by atoms with Crippen molar-refractivity contribution in [2.24, 2.45) is 34.5 Å². The van der Waals surface area contributed by atoms with Crippen LogP contribution in [0.1, 0.15) is 71.6 Å². The molecule has 3 fully saturated rings. The van der Waals surface area contributed by atoms with E-state index in [2.05, 4.69) is 26.0 Å². The van der Waals surface area contributed by atoms with E-state index in [9.17, 15) is 0 Å². The molecule has 0 aromatic heterocycles. The second-order valence-electron chi connectivity index (χ2n) is 8.59. The summed E-state index contributed by atoms with van der Waals surface area (Å²) in [5.41, 5.74) is 1.28. The van der Waals surface area contributed by atoms with Crippen molar-refractivity contribution in [1.29, 1.82) is 0 Å². The first-order valence-corrected chi connectivity index (χ1v) is 8.81. The van der Waals surface area contributed by atoms with Crippen molar-refractivity contribution < 1.29 is 0 Å². The van der Waals surface area contributed by atoms with E-state index in [0.717, 1.165) is 23.7 Å². The lowest BCUT2D eigenvalue weighted by Crippen LogP contribution is -2.51. The summed E-state index contributed by atoms with van der Waals surface area (Å²) in [6.45, 7) is 5.23. The minimum atomic E-state index is 0.568. The van der Waals surface area contributed by atoms with Gasteiger partial charge in [0.05, 0.1) is 0 Å². The molecule has 0 N–H and O–H groups in total. The fraction of sp³-hybridized carbons (Fsp3) is 0.895. The smallest absolute Gasteiger partial charge is 0.0112 e. The van der Waals surface area contributed by atoms with Crippen LogP contribution in [0.2, 0.25) is 0 Å². The summed E-state index contributed by atoms with van der Waals surface area (Å²) in [6.07, 6.45) is 18.7. The fourth-order valence-corrected chi connectivity index (χ4v) is 6.78. The lowest BCUT2D eigenvalue weighted by Gasteiger charge is -2.59. The van der Waals surface area contributed by atoms with Gasteiger partial charge in [-0.15, -0.1) is 0 Å². The molecule has 0 saturated heterocycles. The molecule has 19 heavy (non-hydrogen) atoms. The molecule has 106 valence electrons. The maximum absolute atomic E-state index is 2.68. The summed E-state index contributed by atoms with van der Waals surface area (Å²) < 4.78 is 0. The van der Waals surface area contributed by atoms with E-state index in [4.69, 9.17) is 0 Å². The van der Waals surface area contributed by atoms with Gasteiger partial charge in [0.1, 0.15) is 0 Å². The predicted octanol–water partition coefficient (Wildman–Crippen LogP) is 5.59. The normalized spacial score (nSPS) is 56.3. The minimum Gasteiger partial charge on any atom is -0.0877 e. The van der Waals surface area contributed by atoms with Gasteiger partial charge in [-0.2, -0.15) is 0 Å². The third-order valence-electron chi connectivity index (χ3n) is 7.91. The summed E-state index contributed by atoms with van der Waals surface area (Å²) in [6, 6.07) is 0. The average Bonchev–Trinajstić information content (AvgIpc) is 2.79. The monoisotopic (exact) mass is 258 g/mol. The van der Waals surface area contributed by atoms with Crippen LogP contribution in [0, 0.1) is 34.5 Å². The molecule has 6 atom stereocenters. The fourth-order valence-electron chi connectivity index (χ4n) is 6.78. The van der Waals surface area contributed by atoms with Gasteiger partial charge in [0.2, 0.25) is 0 Å². The van der Waals surface area contributed by atoms with Crippen LogP contribution in [0.4, 0.5) is 0 Å². The lowest BCUT2D eigenvalue weighted by molar-refractivity contribution is -0.0969. The zero-order valence-electron chi connectivity index (χ0n) is 12.8. The van der Waals surface area contributed by atoms with Gasteiger partial charge in [-0.1, -0.05) is 38.8 Å². The van der Waals surface area contributed by atoms with E-state index in [1.807, 2.05) is 0 Å². The Morgan fingerprint density at radius 2 is 1.79 bits per heavy atom. The third-order valence-corrected chi connectivity index (χ3v) is 7.91. The number of hydrogen-bond donors (Lipinski definition) is 0. The maximum atomic E-state index is 2.68. The van der Waals surface area contributed by atoms with Gasteiger partial charge in [0.25, 0.3) is 0 Å². The van der Waals surface area contributed by atoms with Gasteiger partial charge in [-0.05, 0) is 79.4 Å². The molecule has 4 rings (SSSR count). The summed E-state index contributed by atoms with van der Waals surface area (Å²) in [7, 11) is 0. The molecule has 3 saturated carbocycles. The van der Waals surface area contributed by atoms with Crippen molar-refractivity contribution in [3.63, 3.8) is 0 Å². The molecule has 0 heterocycles. The van der Waals surface area contributed by atoms with Crippen molar-refractivity contribution >= 4 is 0 Å². The van der Waals surface area contributed by atoms with Crippen molar-refractivity contribution in [3.8, 4) is 0 Å². The van der Waals surface area contributed by atoms with Gasteiger partial charge < -0.3 is 0 Å². The Labute approximate surface area is 119 Å². The van der Waals surface area contributed by atoms with Crippen LogP contribution in [0.25, 0.3) is 0 Å². The minimum absolute atomic E-state index is 0.568. The zero-order chi connectivity index (χ0) is 13.1. The highest BCUT2D eigenvalue weighted by molar-refractivity contribution is 5.16. The molecule has 0 aromatic carbocycles. The molecule has 0 aliphatic heterocycles. The molecule has 0 bridgehead atoms. The van der Waals surface area contributed by atoms with Crippen molar-refractivity contribution in [3.05, 3.63) is 12.2 Å². The second-order valence-corrected chi connectivity index (χ2v) is 8.59. The predicted molar refractivity (Wildman–Crippen MR) is 80.9 cm³/mol. The Hall–Kier alpha value is -0.260. The van der Waals surface area contributed by atoms with Crippen LogP contribution in [-0.4, -0.2) is 0 Å². The van der Waals surface area contributed by atoms with Crippen LogP contribution in [-0.2, 0) is 0 Å². The molecule has 0 unspecified atom stereocenters. The lowest BCUT2D eigenvalue weighted by atomic mass is 9.45. The molecular formula is C19H30. The molecule has 0 heteroatoms. The Kier molecular flexibility index (Phi) is 2.71. The van der Waals surface area contributed by atoms with E-state index in [0.29, 0.717) is 10.8 Å². The first kappa shape index (κ1) is 12.5. The van der Waals surface area contributed by atoms with Gasteiger partial charge in [-0.3, -0.25) is 0 Å². The van der Waals surface area contributed by atoms with Crippen LogP contribution in [0.5, 0.6) is 0 Å². The van der Waals surface area contributed by atoms with Gasteiger partial charge in [0, 0.05) is 0 Å². The summed E-state index contributed by atoms with van der Waals surface area (Å²) >= 11 is 0. The Balaban J connectivity index is 1.65. The van der Waals surface area contributed by atoms with E-state index in [1.165, 1.54) is 38.5 Å². The number of rotatable bonds is 0. The van der Waals surface area contributed by atoms with E-state index < -0.39 is 0 Å². The largest absolute Gasteiger partial charge is 0.0877 e. The van der Waals surface area contributed by atoms with Crippen LogP contribution in [0.3, 0.4) is 0 Å². The molecule has 0 nitrogen and oxygen atoms in total. The highest BCUT2D eigenvalue weighted by atomic mass is 14.6.